The van der Waals surface area contributed by atoms with Gasteiger partial charge >= 0.3 is 6.03 Å². The smallest absolute Gasteiger partial charge is 0.315 e. The van der Waals surface area contributed by atoms with Crippen LogP contribution in [0.4, 0.5) is 4.79 Å². The number of urea groups is 1. The van der Waals surface area contributed by atoms with E-state index < -0.39 is 0 Å². The number of benzene rings is 1. The summed E-state index contributed by atoms with van der Waals surface area (Å²) in [6.07, 6.45) is 6.69. The van der Waals surface area contributed by atoms with Crippen LogP contribution in [0.3, 0.4) is 0 Å². The molecule has 6 heteroatoms. The van der Waals surface area contributed by atoms with Crippen molar-refractivity contribution in [1.29, 1.82) is 0 Å². The van der Waals surface area contributed by atoms with Gasteiger partial charge in [0, 0.05) is 24.1 Å². The van der Waals surface area contributed by atoms with Gasteiger partial charge in [-0.3, -0.25) is 0 Å². The number of carbonyl (C=O) groups excluding carboxylic acids is 1. The Morgan fingerprint density at radius 3 is 2.52 bits per heavy atom. The first-order chi connectivity index (χ1) is 12.0. The van der Waals surface area contributed by atoms with E-state index in [-0.39, 0.29) is 24.2 Å². The van der Waals surface area contributed by atoms with Gasteiger partial charge in [-0.2, -0.15) is 0 Å². The summed E-state index contributed by atoms with van der Waals surface area (Å²) in [7, 11) is 0. The van der Waals surface area contributed by atoms with E-state index in [1.807, 2.05) is 48.9 Å². The molecule has 1 unspecified atom stereocenters. The van der Waals surface area contributed by atoms with Crippen molar-refractivity contribution < 1.29 is 9.90 Å². The minimum Gasteiger partial charge on any atom is -0.393 e. The van der Waals surface area contributed by atoms with Gasteiger partial charge in [-0.05, 0) is 57.2 Å². The van der Waals surface area contributed by atoms with Gasteiger partial charge in [0.1, 0.15) is 5.82 Å². The number of aliphatic hydroxyl groups is 1. The minimum absolute atomic E-state index is 0.0767. The zero-order chi connectivity index (χ0) is 17.8. The van der Waals surface area contributed by atoms with Crippen molar-refractivity contribution in [2.24, 2.45) is 0 Å². The second-order valence-corrected chi connectivity index (χ2v) is 6.78. The van der Waals surface area contributed by atoms with Gasteiger partial charge in [0.25, 0.3) is 0 Å². The van der Waals surface area contributed by atoms with Gasteiger partial charge in [0.05, 0.1) is 12.1 Å². The average molecular weight is 342 g/mol. The summed E-state index contributed by atoms with van der Waals surface area (Å²) in [5.41, 5.74) is 2.10. The van der Waals surface area contributed by atoms with Gasteiger partial charge in [-0.1, -0.05) is 12.1 Å². The third-order valence-electron chi connectivity index (χ3n) is 4.88. The van der Waals surface area contributed by atoms with Gasteiger partial charge < -0.3 is 20.3 Å². The van der Waals surface area contributed by atoms with E-state index in [9.17, 15) is 9.90 Å². The van der Waals surface area contributed by atoms with Crippen molar-refractivity contribution in [3.05, 3.63) is 48.0 Å². The minimum atomic E-state index is -0.210. The Morgan fingerprint density at radius 2 is 1.92 bits per heavy atom. The molecule has 1 aromatic carbocycles. The van der Waals surface area contributed by atoms with Crippen LogP contribution < -0.4 is 10.6 Å². The van der Waals surface area contributed by atoms with Crippen molar-refractivity contribution in [3.8, 4) is 5.69 Å². The van der Waals surface area contributed by atoms with Crippen LogP contribution in [-0.2, 0) is 0 Å². The highest BCUT2D eigenvalue weighted by molar-refractivity contribution is 5.74. The molecule has 0 bridgehead atoms. The van der Waals surface area contributed by atoms with Crippen molar-refractivity contribution in [2.75, 3.05) is 0 Å². The van der Waals surface area contributed by atoms with E-state index in [1.54, 1.807) is 6.20 Å². The van der Waals surface area contributed by atoms with Crippen LogP contribution in [0.15, 0.2) is 36.7 Å². The van der Waals surface area contributed by atoms with Crippen LogP contribution in [0.2, 0.25) is 0 Å². The predicted molar refractivity (Wildman–Crippen MR) is 96.6 cm³/mol. The number of amides is 2. The molecule has 0 radical (unpaired) electrons. The third-order valence-corrected chi connectivity index (χ3v) is 4.88. The average Bonchev–Trinajstić information content (AvgIpc) is 3.03. The van der Waals surface area contributed by atoms with Crippen molar-refractivity contribution >= 4 is 6.03 Å². The first kappa shape index (κ1) is 17.5. The molecule has 1 heterocycles. The molecule has 3 N–H and O–H groups in total. The topological polar surface area (TPSA) is 79.2 Å². The highest BCUT2D eigenvalue weighted by Crippen LogP contribution is 2.19. The Balaban J connectivity index is 1.55. The highest BCUT2D eigenvalue weighted by Gasteiger charge is 2.21. The molecular formula is C19H26N4O2. The fraction of sp³-hybridized carbons (Fsp3) is 0.474. The molecule has 0 spiro atoms. The number of hydrogen-bond donors (Lipinski definition) is 3. The molecule has 1 fully saturated rings. The molecule has 25 heavy (non-hydrogen) atoms. The molecule has 1 aliphatic rings. The van der Waals surface area contributed by atoms with Gasteiger partial charge in [-0.15, -0.1) is 0 Å². The standard InChI is InChI=1S/C19H26N4O2/c1-13(21-19(25)22-16-5-9-18(24)10-6-16)15-3-7-17(8-4-15)23-12-11-20-14(23)2/h3-4,7-8,11-13,16,18,24H,5-6,9-10H2,1-2H3,(H2,21,22,25). The quantitative estimate of drug-likeness (QED) is 0.799. The number of nitrogens with zero attached hydrogens (tertiary/aromatic N) is 2. The summed E-state index contributed by atoms with van der Waals surface area (Å²) in [6.45, 7) is 3.94. The number of aromatic nitrogens is 2. The van der Waals surface area contributed by atoms with E-state index in [0.717, 1.165) is 42.8 Å². The Morgan fingerprint density at radius 1 is 1.24 bits per heavy atom. The van der Waals surface area contributed by atoms with Gasteiger partial charge in [-0.25, -0.2) is 9.78 Å². The van der Waals surface area contributed by atoms with Crippen LogP contribution in [0, 0.1) is 6.92 Å². The van der Waals surface area contributed by atoms with Crippen LogP contribution in [0.1, 0.15) is 50.0 Å². The number of imidazole rings is 1. The molecule has 1 saturated carbocycles. The Kier molecular flexibility index (Phi) is 5.38. The van der Waals surface area contributed by atoms with E-state index >= 15 is 0 Å². The molecule has 3 rings (SSSR count). The lowest BCUT2D eigenvalue weighted by Gasteiger charge is -2.27. The zero-order valence-corrected chi connectivity index (χ0v) is 14.8. The number of hydrogen-bond acceptors (Lipinski definition) is 3. The van der Waals surface area contributed by atoms with Crippen LogP contribution in [-0.4, -0.2) is 32.8 Å². The molecule has 1 atom stereocenters. The monoisotopic (exact) mass is 342 g/mol. The van der Waals surface area contributed by atoms with E-state index in [2.05, 4.69) is 15.6 Å². The molecule has 1 aromatic heterocycles. The van der Waals surface area contributed by atoms with E-state index in [1.165, 1.54) is 0 Å². The second kappa shape index (κ2) is 7.70. The second-order valence-electron chi connectivity index (χ2n) is 6.78. The number of carbonyl (C=O) groups is 1. The maximum Gasteiger partial charge on any atom is 0.315 e. The van der Waals surface area contributed by atoms with Crippen LogP contribution in [0.25, 0.3) is 5.69 Å². The Hall–Kier alpha value is -2.34. The number of aliphatic hydroxyl groups excluding tert-OH is 1. The molecule has 134 valence electrons. The Bertz CT molecular complexity index is 702. The number of aryl methyl sites for hydroxylation is 1. The van der Waals surface area contributed by atoms with Crippen molar-refractivity contribution in [3.63, 3.8) is 0 Å². The largest absolute Gasteiger partial charge is 0.393 e. The predicted octanol–water partition coefficient (Wildman–Crippen LogP) is 2.84. The Labute approximate surface area is 148 Å². The molecule has 2 amide bonds. The summed E-state index contributed by atoms with van der Waals surface area (Å²) in [4.78, 5) is 16.4. The maximum absolute atomic E-state index is 12.2. The van der Waals surface area contributed by atoms with Crippen LogP contribution >= 0.6 is 0 Å². The fourth-order valence-electron chi connectivity index (χ4n) is 3.30. The molecule has 0 aliphatic heterocycles. The van der Waals surface area contributed by atoms with E-state index in [4.69, 9.17) is 0 Å². The highest BCUT2D eigenvalue weighted by atomic mass is 16.3. The summed E-state index contributed by atoms with van der Waals surface area (Å²) in [5, 5.41) is 15.5. The number of nitrogens with one attached hydrogen (secondary N) is 2. The third kappa shape index (κ3) is 4.39. The molecule has 0 saturated heterocycles. The molecule has 1 aliphatic carbocycles. The van der Waals surface area contributed by atoms with Gasteiger partial charge in [0.15, 0.2) is 0 Å². The lowest BCUT2D eigenvalue weighted by molar-refractivity contribution is 0.117. The van der Waals surface area contributed by atoms with E-state index in [0.29, 0.717) is 0 Å². The maximum atomic E-state index is 12.2. The van der Waals surface area contributed by atoms with Crippen LogP contribution in [0.5, 0.6) is 0 Å². The molecule has 2 aromatic rings. The molecular weight excluding hydrogens is 316 g/mol. The van der Waals surface area contributed by atoms with Crippen molar-refractivity contribution in [2.45, 2.75) is 57.7 Å². The lowest BCUT2D eigenvalue weighted by Crippen LogP contribution is -2.44. The summed E-state index contributed by atoms with van der Waals surface area (Å²) in [5.74, 6) is 0.941. The summed E-state index contributed by atoms with van der Waals surface area (Å²) < 4.78 is 2.02. The zero-order valence-electron chi connectivity index (χ0n) is 14.8. The van der Waals surface area contributed by atoms with Crippen molar-refractivity contribution in [1.82, 2.24) is 20.2 Å². The van der Waals surface area contributed by atoms with Gasteiger partial charge in [0.2, 0.25) is 0 Å². The SMILES string of the molecule is Cc1nccn1-c1ccc(C(C)NC(=O)NC2CCC(O)CC2)cc1. The summed E-state index contributed by atoms with van der Waals surface area (Å²) >= 11 is 0. The fourth-order valence-corrected chi connectivity index (χ4v) is 3.30. The first-order valence-electron chi connectivity index (χ1n) is 8.88. The number of rotatable bonds is 4. The summed E-state index contributed by atoms with van der Waals surface area (Å²) in [6, 6.07) is 8.04. The molecule has 6 nitrogen and oxygen atoms in total. The lowest BCUT2D eigenvalue weighted by atomic mass is 9.93. The normalized spacial score (nSPS) is 21.6. The first-order valence-corrected chi connectivity index (χ1v) is 8.88.